The van der Waals surface area contributed by atoms with E-state index in [2.05, 4.69) is 51.5 Å². The van der Waals surface area contributed by atoms with Crippen LogP contribution in [0.4, 0.5) is 0 Å². The molecule has 1 N–H and O–H groups in total. The van der Waals surface area contributed by atoms with Crippen molar-refractivity contribution in [2.45, 2.75) is 36.5 Å². The number of sulfone groups is 1. The van der Waals surface area contributed by atoms with E-state index in [9.17, 15) is 13.2 Å². The molecule has 39 heavy (non-hydrogen) atoms. The van der Waals surface area contributed by atoms with Gasteiger partial charge in [-0.25, -0.2) is 8.42 Å². The third kappa shape index (κ3) is 6.85. The van der Waals surface area contributed by atoms with Crippen LogP contribution in [0.25, 0.3) is 6.08 Å². The van der Waals surface area contributed by atoms with Crippen molar-refractivity contribution in [1.82, 2.24) is 15.1 Å². The second-order valence-electron chi connectivity index (χ2n) is 10.6. The van der Waals surface area contributed by atoms with Gasteiger partial charge >= 0.3 is 0 Å². The van der Waals surface area contributed by atoms with Crippen LogP contribution in [-0.2, 0) is 20.4 Å². The van der Waals surface area contributed by atoms with Gasteiger partial charge in [0.25, 0.3) is 0 Å². The van der Waals surface area contributed by atoms with Gasteiger partial charge in [0.1, 0.15) is 0 Å². The third-order valence-electron chi connectivity index (χ3n) is 7.64. The van der Waals surface area contributed by atoms with Crippen molar-refractivity contribution in [3.8, 4) is 0 Å². The van der Waals surface area contributed by atoms with Gasteiger partial charge in [0.05, 0.1) is 16.7 Å². The van der Waals surface area contributed by atoms with E-state index < -0.39 is 15.9 Å². The van der Waals surface area contributed by atoms with Crippen molar-refractivity contribution in [3.63, 3.8) is 0 Å². The lowest BCUT2D eigenvalue weighted by molar-refractivity contribution is -0.121. The van der Waals surface area contributed by atoms with Crippen LogP contribution in [-0.4, -0.2) is 63.4 Å². The van der Waals surface area contributed by atoms with Gasteiger partial charge in [0, 0.05) is 39.1 Å². The van der Waals surface area contributed by atoms with Crippen LogP contribution in [0.15, 0.2) is 83.8 Å². The molecule has 3 aromatic rings. The molecule has 3 aromatic carbocycles. The molecule has 0 aliphatic carbocycles. The summed E-state index contributed by atoms with van der Waals surface area (Å²) >= 11 is 0. The number of nitrogens with zero attached hydrogens (tertiary/aromatic N) is 2. The molecule has 0 saturated carbocycles. The minimum atomic E-state index is -3.50. The van der Waals surface area contributed by atoms with E-state index in [1.54, 1.807) is 6.07 Å². The number of hydrogen-bond acceptors (Lipinski definition) is 5. The van der Waals surface area contributed by atoms with Gasteiger partial charge in [-0.3, -0.25) is 9.69 Å². The molecule has 2 aliphatic rings. The van der Waals surface area contributed by atoms with E-state index in [1.165, 1.54) is 5.56 Å². The van der Waals surface area contributed by atoms with Gasteiger partial charge in [0.15, 0.2) is 9.84 Å². The smallest absolute Gasteiger partial charge is 0.220 e. The Morgan fingerprint density at radius 3 is 2.44 bits per heavy atom. The molecule has 7 heteroatoms. The number of carbonyl (C=O) groups excluding carboxylic acids is 1. The van der Waals surface area contributed by atoms with E-state index in [0.29, 0.717) is 16.9 Å². The fourth-order valence-electron chi connectivity index (χ4n) is 5.52. The lowest BCUT2D eigenvalue weighted by Gasteiger charge is -2.34. The molecule has 2 aliphatic heterocycles. The summed E-state index contributed by atoms with van der Waals surface area (Å²) in [5, 5.41) is 3.18. The number of benzene rings is 3. The fourth-order valence-corrected chi connectivity index (χ4v) is 7.16. The normalized spacial score (nSPS) is 19.3. The zero-order chi connectivity index (χ0) is 27.2. The molecule has 5 rings (SSSR count). The van der Waals surface area contributed by atoms with E-state index in [1.807, 2.05) is 49.4 Å². The number of fused-ring (bicyclic) bond motifs is 2. The molecule has 1 fully saturated rings. The Morgan fingerprint density at radius 1 is 0.923 bits per heavy atom. The molecule has 1 atom stereocenters. The van der Waals surface area contributed by atoms with Crippen LogP contribution in [0.1, 0.15) is 46.7 Å². The van der Waals surface area contributed by atoms with Crippen LogP contribution in [0.3, 0.4) is 0 Å². The number of rotatable bonds is 8. The Labute approximate surface area is 232 Å². The highest BCUT2D eigenvalue weighted by Crippen LogP contribution is 2.36. The molecule has 1 amide bonds. The maximum Gasteiger partial charge on any atom is 0.220 e. The van der Waals surface area contributed by atoms with E-state index in [4.69, 9.17) is 0 Å². The lowest BCUT2D eigenvalue weighted by atomic mass is 9.94. The first kappa shape index (κ1) is 27.3. The molecule has 6 nitrogen and oxygen atoms in total. The Morgan fingerprint density at radius 2 is 1.64 bits per heavy atom. The van der Waals surface area contributed by atoms with Crippen LogP contribution in [0.2, 0.25) is 0 Å². The quantitative estimate of drug-likeness (QED) is 0.450. The molecule has 0 spiro atoms. The van der Waals surface area contributed by atoms with Gasteiger partial charge in [-0.05, 0) is 48.2 Å². The van der Waals surface area contributed by atoms with Crippen molar-refractivity contribution < 1.29 is 13.2 Å². The molecular weight excluding hydrogens is 506 g/mol. The predicted octanol–water partition coefficient (Wildman–Crippen LogP) is 4.60. The highest BCUT2D eigenvalue weighted by atomic mass is 32.2. The summed E-state index contributed by atoms with van der Waals surface area (Å²) in [6, 6.07) is 22.8. The second kappa shape index (κ2) is 12.3. The minimum Gasteiger partial charge on any atom is -0.345 e. The largest absolute Gasteiger partial charge is 0.345 e. The Hall–Kier alpha value is -3.26. The van der Waals surface area contributed by atoms with Crippen LogP contribution >= 0.6 is 0 Å². The standard InChI is InChI=1S/C32H37N3O3S/c1-25-15-16-30-29(23-25)32(28-13-6-5-12-27(28)24-39(30,37)38)33-31(36)14-8-18-35-21-19-34(20-22-35)17-7-11-26-9-3-2-4-10-26/h2-7,9-13,15-16,23,32H,8,14,17-22,24H2,1H3,(H,33,36)/b11-7+. The average Bonchev–Trinajstić information content (AvgIpc) is 3.02. The van der Waals surface area contributed by atoms with Crippen LogP contribution < -0.4 is 5.32 Å². The van der Waals surface area contributed by atoms with Crippen LogP contribution in [0, 0.1) is 6.92 Å². The van der Waals surface area contributed by atoms with Crippen molar-refractivity contribution in [1.29, 1.82) is 0 Å². The first-order valence-electron chi connectivity index (χ1n) is 13.8. The SMILES string of the molecule is Cc1ccc2c(c1)C(NC(=O)CCCN1CCN(C/C=C/c3ccccc3)CC1)c1ccccc1CS2(=O)=O. The van der Waals surface area contributed by atoms with Crippen LogP contribution in [0.5, 0.6) is 0 Å². The molecular formula is C32H37N3O3S. The fraction of sp³-hybridized carbons (Fsp3) is 0.344. The molecule has 204 valence electrons. The highest BCUT2D eigenvalue weighted by molar-refractivity contribution is 7.90. The zero-order valence-corrected chi connectivity index (χ0v) is 23.4. The average molecular weight is 544 g/mol. The Bertz CT molecular complexity index is 1430. The summed E-state index contributed by atoms with van der Waals surface area (Å²) in [4.78, 5) is 18.3. The minimum absolute atomic E-state index is 0.0498. The monoisotopic (exact) mass is 543 g/mol. The van der Waals surface area contributed by atoms with Gasteiger partial charge in [-0.1, -0.05) is 84.4 Å². The predicted molar refractivity (Wildman–Crippen MR) is 156 cm³/mol. The summed E-state index contributed by atoms with van der Waals surface area (Å²) in [5.41, 5.74) is 4.45. The van der Waals surface area contributed by atoms with Gasteiger partial charge < -0.3 is 10.2 Å². The second-order valence-corrected chi connectivity index (χ2v) is 12.5. The number of aryl methyl sites for hydroxylation is 1. The maximum atomic E-state index is 13.2. The van der Waals surface area contributed by atoms with E-state index in [-0.39, 0.29) is 11.7 Å². The van der Waals surface area contributed by atoms with Crippen molar-refractivity contribution in [3.05, 3.63) is 107 Å². The Kier molecular flexibility index (Phi) is 8.60. The molecule has 0 aromatic heterocycles. The first-order valence-corrected chi connectivity index (χ1v) is 15.4. The summed E-state index contributed by atoms with van der Waals surface area (Å²) in [6.07, 6.45) is 5.58. The van der Waals surface area contributed by atoms with Crippen molar-refractivity contribution >= 4 is 21.8 Å². The summed E-state index contributed by atoms with van der Waals surface area (Å²) in [5.74, 6) is -0.106. The number of carbonyl (C=O) groups is 1. The van der Waals surface area contributed by atoms with Gasteiger partial charge in [0.2, 0.25) is 5.91 Å². The third-order valence-corrected chi connectivity index (χ3v) is 9.38. The van der Waals surface area contributed by atoms with Gasteiger partial charge in [-0.2, -0.15) is 0 Å². The maximum absolute atomic E-state index is 13.2. The highest BCUT2D eigenvalue weighted by Gasteiger charge is 2.32. The van der Waals surface area contributed by atoms with E-state index in [0.717, 1.165) is 62.4 Å². The zero-order valence-electron chi connectivity index (χ0n) is 22.6. The van der Waals surface area contributed by atoms with Crippen molar-refractivity contribution in [2.75, 3.05) is 39.3 Å². The summed E-state index contributed by atoms with van der Waals surface area (Å²) < 4.78 is 26.3. The number of amides is 1. The molecule has 1 unspecified atom stereocenters. The summed E-state index contributed by atoms with van der Waals surface area (Å²) in [7, 11) is -3.50. The van der Waals surface area contributed by atoms with E-state index >= 15 is 0 Å². The summed E-state index contributed by atoms with van der Waals surface area (Å²) in [6.45, 7) is 7.82. The number of hydrogen-bond donors (Lipinski definition) is 1. The molecule has 1 saturated heterocycles. The first-order chi connectivity index (χ1) is 18.9. The molecule has 0 radical (unpaired) electrons. The molecule has 2 heterocycles. The molecule has 0 bridgehead atoms. The Balaban J connectivity index is 1.14. The van der Waals surface area contributed by atoms with Crippen molar-refractivity contribution in [2.24, 2.45) is 0 Å². The number of nitrogens with one attached hydrogen (secondary N) is 1. The topological polar surface area (TPSA) is 69.7 Å². The lowest BCUT2D eigenvalue weighted by Crippen LogP contribution is -2.46. The van der Waals surface area contributed by atoms with Gasteiger partial charge in [-0.15, -0.1) is 0 Å². The number of piperazine rings is 1.